The first-order valence-corrected chi connectivity index (χ1v) is 19.5. The molecule has 266 valence electrons. The number of rotatable bonds is 6. The molecule has 0 radical (unpaired) electrons. The molecule has 0 spiro atoms. The lowest BCUT2D eigenvalue weighted by molar-refractivity contribution is -0.138. The molecule has 12 heteroatoms. The number of nitrogens with one attached hydrogen (secondary N) is 1. The van der Waals surface area contributed by atoms with Crippen LogP contribution >= 0.6 is 0 Å². The zero-order valence-electron chi connectivity index (χ0n) is 29.4. The van der Waals surface area contributed by atoms with Crippen molar-refractivity contribution in [1.82, 2.24) is 23.4 Å². The molecule has 4 heterocycles. The van der Waals surface area contributed by atoms with Crippen LogP contribution in [0.25, 0.3) is 22.2 Å². The van der Waals surface area contributed by atoms with Gasteiger partial charge in [-0.2, -0.15) is 12.7 Å². The van der Waals surface area contributed by atoms with E-state index in [2.05, 4.69) is 21.4 Å². The Balaban J connectivity index is 1.28. The summed E-state index contributed by atoms with van der Waals surface area (Å²) < 4.78 is 36.4. The number of hydrogen-bond donors (Lipinski definition) is 1. The molecule has 2 aliphatic carbocycles. The summed E-state index contributed by atoms with van der Waals surface area (Å²) >= 11 is 0. The smallest absolute Gasteiger partial charge is 0.303 e. The maximum atomic E-state index is 15.0. The molecule has 2 saturated carbocycles. The van der Waals surface area contributed by atoms with E-state index in [1.54, 1.807) is 20.1 Å². The van der Waals surface area contributed by atoms with Gasteiger partial charge in [-0.15, -0.1) is 0 Å². The third-order valence-electron chi connectivity index (χ3n) is 12.4. The van der Waals surface area contributed by atoms with Gasteiger partial charge in [0.25, 0.3) is 5.91 Å². The van der Waals surface area contributed by atoms with Crippen LogP contribution in [0, 0.1) is 11.3 Å². The minimum atomic E-state index is -3.99. The van der Waals surface area contributed by atoms with Crippen molar-refractivity contribution in [2.45, 2.75) is 82.7 Å². The van der Waals surface area contributed by atoms with Crippen molar-refractivity contribution < 1.29 is 27.5 Å². The highest BCUT2D eigenvalue weighted by atomic mass is 32.2. The third-order valence-corrected chi connectivity index (χ3v) is 13.8. The van der Waals surface area contributed by atoms with Crippen molar-refractivity contribution >= 4 is 38.8 Å². The van der Waals surface area contributed by atoms with Crippen LogP contribution in [-0.2, 0) is 26.3 Å². The average molecular weight is 702 g/mol. The maximum absolute atomic E-state index is 15.0. The van der Waals surface area contributed by atoms with Gasteiger partial charge in [-0.3, -0.25) is 14.4 Å². The summed E-state index contributed by atoms with van der Waals surface area (Å²) in [6.45, 7) is 4.04. The molecule has 3 amide bonds. The van der Waals surface area contributed by atoms with Gasteiger partial charge in [0.05, 0.1) is 24.3 Å². The van der Waals surface area contributed by atoms with Gasteiger partial charge in [0.1, 0.15) is 5.75 Å². The highest BCUT2D eigenvalue weighted by Gasteiger charge is 2.64. The van der Waals surface area contributed by atoms with E-state index in [1.165, 1.54) is 26.1 Å². The number of carbonyl (C=O) groups is 3. The van der Waals surface area contributed by atoms with Crippen molar-refractivity contribution in [3.63, 3.8) is 0 Å². The van der Waals surface area contributed by atoms with E-state index in [0.29, 0.717) is 32.0 Å². The standard InChI is InChI=1S/C38H47N5O6S/c1-23(44)42-16-8-11-26-20-41(21-33(26)42)37(46)38-19-31(38)30-18-27(49-4)13-15-28(30)35-34(24-9-6-5-7-10-24)29-14-12-25(17-32(29)43(35)22-38)36(45)39-50(47,48)40(2)3/h12-15,17-18,24,26,31,33H,5-11,16,19-22H2,1-4H3,(H,39,45)/t26?,31?,33?,38-/m0/s1. The number of aromatic nitrogens is 1. The second-order valence-electron chi connectivity index (χ2n) is 15.4. The predicted octanol–water partition coefficient (Wildman–Crippen LogP) is 4.86. The molecular weight excluding hydrogens is 655 g/mol. The molecule has 0 bridgehead atoms. The van der Waals surface area contributed by atoms with E-state index in [0.717, 1.165) is 82.8 Å². The Labute approximate surface area is 294 Å². The zero-order valence-corrected chi connectivity index (χ0v) is 30.2. The van der Waals surface area contributed by atoms with Crippen LogP contribution in [0.15, 0.2) is 36.4 Å². The normalized spacial score (nSPS) is 26.1. The number of fused-ring (bicyclic) bond motifs is 8. The van der Waals surface area contributed by atoms with Crippen LogP contribution in [0.1, 0.15) is 91.6 Å². The van der Waals surface area contributed by atoms with E-state index < -0.39 is 21.5 Å². The Morgan fingerprint density at radius 1 is 0.980 bits per heavy atom. The van der Waals surface area contributed by atoms with E-state index in [-0.39, 0.29) is 35.3 Å². The Hall–Kier alpha value is -3.90. The molecular formula is C38H47N5O6S. The number of ether oxygens (including phenoxy) is 1. The number of nitrogens with zero attached hydrogens (tertiary/aromatic N) is 4. The molecule has 3 aromatic rings. The maximum Gasteiger partial charge on any atom is 0.303 e. The van der Waals surface area contributed by atoms with Gasteiger partial charge < -0.3 is 19.1 Å². The molecule has 2 aromatic carbocycles. The number of carbonyl (C=O) groups excluding carboxylic acids is 3. The molecule has 50 heavy (non-hydrogen) atoms. The quantitative estimate of drug-likeness (QED) is 0.392. The van der Waals surface area contributed by atoms with Gasteiger partial charge in [-0.1, -0.05) is 25.3 Å². The van der Waals surface area contributed by atoms with Crippen molar-refractivity contribution in [3.8, 4) is 17.0 Å². The van der Waals surface area contributed by atoms with Crippen LogP contribution in [0.2, 0.25) is 0 Å². The first-order chi connectivity index (χ1) is 23.9. The second kappa shape index (κ2) is 12.1. The van der Waals surface area contributed by atoms with Gasteiger partial charge in [0.15, 0.2) is 0 Å². The molecule has 4 atom stereocenters. The van der Waals surface area contributed by atoms with Crippen molar-refractivity contribution in [1.29, 1.82) is 0 Å². The van der Waals surface area contributed by atoms with Crippen LogP contribution in [0.4, 0.5) is 0 Å². The van der Waals surface area contributed by atoms with E-state index >= 15 is 0 Å². The van der Waals surface area contributed by atoms with Gasteiger partial charge >= 0.3 is 10.2 Å². The van der Waals surface area contributed by atoms with E-state index in [4.69, 9.17) is 4.74 Å². The summed E-state index contributed by atoms with van der Waals surface area (Å²) in [5, 5.41) is 1.05. The lowest BCUT2D eigenvalue weighted by Gasteiger charge is -2.36. The predicted molar refractivity (Wildman–Crippen MR) is 190 cm³/mol. The molecule has 2 saturated heterocycles. The van der Waals surface area contributed by atoms with E-state index in [9.17, 15) is 22.8 Å². The van der Waals surface area contributed by atoms with Crippen LogP contribution in [-0.4, -0.2) is 91.7 Å². The third kappa shape index (κ3) is 5.23. The summed E-state index contributed by atoms with van der Waals surface area (Å²) in [6, 6.07) is 11.8. The topological polar surface area (TPSA) is 121 Å². The van der Waals surface area contributed by atoms with E-state index in [1.807, 2.05) is 28.0 Å². The molecule has 1 N–H and O–H groups in total. The number of hydrogen-bond acceptors (Lipinski definition) is 6. The summed E-state index contributed by atoms with van der Waals surface area (Å²) in [4.78, 5) is 45.0. The van der Waals surface area contributed by atoms with Crippen molar-refractivity contribution in [3.05, 3.63) is 53.1 Å². The molecule has 1 aromatic heterocycles. The monoisotopic (exact) mass is 701 g/mol. The molecule has 5 aliphatic rings. The SMILES string of the molecule is COc1ccc2c(c1)C1C[C@]1(C(=O)N1CC3CCCN(C(C)=O)C3C1)Cn1c-2c(C2CCCCC2)c2ccc(C(=O)NS(=O)(=O)N(C)C)cc21. The highest BCUT2D eigenvalue weighted by molar-refractivity contribution is 7.87. The Bertz CT molecular complexity index is 2020. The first kappa shape index (κ1) is 33.3. The number of methoxy groups -OCH3 is 1. The summed E-state index contributed by atoms with van der Waals surface area (Å²) in [5.41, 5.74) is 4.97. The molecule has 3 aliphatic heterocycles. The fourth-order valence-electron chi connectivity index (χ4n) is 9.74. The zero-order chi connectivity index (χ0) is 35.1. The number of benzene rings is 2. The molecule has 4 fully saturated rings. The molecule has 3 unspecified atom stereocenters. The van der Waals surface area contributed by atoms with Crippen LogP contribution < -0.4 is 9.46 Å². The minimum Gasteiger partial charge on any atom is -0.497 e. The van der Waals surface area contributed by atoms with Gasteiger partial charge in [0, 0.05) is 75.1 Å². The number of likely N-dealkylation sites (tertiary alicyclic amines) is 2. The Kier molecular flexibility index (Phi) is 8.06. The lowest BCUT2D eigenvalue weighted by atomic mass is 9.81. The largest absolute Gasteiger partial charge is 0.497 e. The van der Waals surface area contributed by atoms with Gasteiger partial charge in [0.2, 0.25) is 11.8 Å². The summed E-state index contributed by atoms with van der Waals surface area (Å²) in [6.07, 6.45) is 8.31. The highest BCUT2D eigenvalue weighted by Crippen LogP contribution is 2.66. The van der Waals surface area contributed by atoms with Crippen LogP contribution in [0.3, 0.4) is 0 Å². The summed E-state index contributed by atoms with van der Waals surface area (Å²) in [7, 11) is 0.437. The average Bonchev–Trinajstić information content (AvgIpc) is 3.56. The van der Waals surface area contributed by atoms with Gasteiger partial charge in [-0.25, -0.2) is 4.72 Å². The number of piperidine rings is 1. The molecule has 11 nitrogen and oxygen atoms in total. The number of amides is 3. The first-order valence-electron chi connectivity index (χ1n) is 18.1. The van der Waals surface area contributed by atoms with Crippen molar-refractivity contribution in [2.24, 2.45) is 11.3 Å². The van der Waals surface area contributed by atoms with Gasteiger partial charge in [-0.05, 0) is 85.4 Å². The fraction of sp³-hybridized carbons (Fsp3) is 0.553. The Morgan fingerprint density at radius 2 is 1.76 bits per heavy atom. The Morgan fingerprint density at radius 3 is 2.48 bits per heavy atom. The molecule has 8 rings (SSSR count). The van der Waals surface area contributed by atoms with Crippen molar-refractivity contribution in [2.75, 3.05) is 40.8 Å². The summed E-state index contributed by atoms with van der Waals surface area (Å²) in [5.74, 6) is 0.871. The minimum absolute atomic E-state index is 0.00231. The fourth-order valence-corrected chi connectivity index (χ4v) is 10.3. The lowest BCUT2D eigenvalue weighted by Crippen LogP contribution is -2.48. The van der Waals surface area contributed by atoms with Crippen LogP contribution in [0.5, 0.6) is 5.75 Å². The second-order valence-corrected chi connectivity index (χ2v) is 17.3.